The number of rotatable bonds is 9. The molecule has 0 aromatic heterocycles. The number of ether oxygens (including phenoxy) is 1. The molecule has 39 heavy (non-hydrogen) atoms. The van der Waals surface area contributed by atoms with Crippen LogP contribution >= 0.6 is 0 Å². The van der Waals surface area contributed by atoms with E-state index in [4.69, 9.17) is 35.4 Å². The third kappa shape index (κ3) is 12.3. The predicted octanol–water partition coefficient (Wildman–Crippen LogP) is 3.19. The summed E-state index contributed by atoms with van der Waals surface area (Å²) >= 11 is 0. The van der Waals surface area contributed by atoms with E-state index in [1.54, 1.807) is 85.0 Å². The van der Waals surface area contributed by atoms with E-state index in [0.717, 1.165) is 16.7 Å². The molecule has 9 heteroatoms. The molecule has 0 saturated heterocycles. The third-order valence-electron chi connectivity index (χ3n) is 4.98. The zero-order valence-corrected chi connectivity index (χ0v) is 21.7. The molecule has 0 heterocycles. The van der Waals surface area contributed by atoms with Crippen LogP contribution in [0.2, 0.25) is 0 Å². The van der Waals surface area contributed by atoms with Crippen LogP contribution in [-0.4, -0.2) is 67.8 Å². The maximum Gasteiger partial charge on any atom is 0.163 e. The Labute approximate surface area is 227 Å². The van der Waals surface area contributed by atoms with Gasteiger partial charge in [0.15, 0.2) is 11.5 Å². The smallest absolute Gasteiger partial charge is 0.163 e. The number of aliphatic hydroxyl groups is 5. The van der Waals surface area contributed by atoms with Crippen LogP contribution in [0, 0.1) is 0 Å². The Morgan fingerprint density at radius 3 is 1.59 bits per heavy atom. The number of hydrogen-bond acceptors (Lipinski definition) is 9. The molecule has 3 rings (SSSR count). The van der Waals surface area contributed by atoms with Crippen LogP contribution in [-0.2, 0) is 13.2 Å². The fourth-order valence-corrected chi connectivity index (χ4v) is 3.05. The average Bonchev–Trinajstić information content (AvgIpc) is 2.96. The van der Waals surface area contributed by atoms with Crippen molar-refractivity contribution in [2.24, 2.45) is 0 Å². The fourth-order valence-electron chi connectivity index (χ4n) is 3.05. The van der Waals surface area contributed by atoms with Gasteiger partial charge in [0.1, 0.15) is 11.5 Å². The van der Waals surface area contributed by atoms with Gasteiger partial charge in [0.2, 0.25) is 0 Å². The van der Waals surface area contributed by atoms with Gasteiger partial charge in [0, 0.05) is 11.1 Å². The quantitative estimate of drug-likeness (QED) is 0.203. The molecule has 0 radical (unpaired) electrons. The number of benzene rings is 3. The highest BCUT2D eigenvalue weighted by Crippen LogP contribution is 2.31. The summed E-state index contributed by atoms with van der Waals surface area (Å²) in [4.78, 5) is 0. The maximum absolute atomic E-state index is 9.58. The fraction of sp³-hybridized carbons (Fsp3) is 0.200. The highest BCUT2D eigenvalue weighted by Gasteiger charge is 2.08. The van der Waals surface area contributed by atoms with Gasteiger partial charge in [0.25, 0.3) is 0 Å². The monoisotopic (exact) mass is 540 g/mol. The summed E-state index contributed by atoms with van der Waals surface area (Å²) in [6.45, 7) is -0.483. The van der Waals surface area contributed by atoms with Crippen molar-refractivity contribution in [2.45, 2.75) is 13.2 Å². The van der Waals surface area contributed by atoms with Gasteiger partial charge < -0.3 is 45.6 Å². The van der Waals surface area contributed by atoms with E-state index < -0.39 is 0 Å². The average molecular weight is 541 g/mol. The van der Waals surface area contributed by atoms with Crippen molar-refractivity contribution in [1.82, 2.24) is 0 Å². The highest BCUT2D eigenvalue weighted by molar-refractivity contribution is 5.59. The molecule has 0 bridgehead atoms. The lowest BCUT2D eigenvalue weighted by Crippen LogP contribution is -1.91. The normalized spacial score (nSPS) is 10.8. The number of phenolic OH excluding ortho intramolecular Hbond substituents is 1. The van der Waals surface area contributed by atoms with Gasteiger partial charge in [-0.3, -0.25) is 0 Å². The number of hydrogen-bond donors (Lipinski definition) is 8. The van der Waals surface area contributed by atoms with E-state index in [1.165, 1.54) is 13.2 Å². The van der Waals surface area contributed by atoms with Crippen molar-refractivity contribution in [1.29, 1.82) is 0 Å². The zero-order valence-electron chi connectivity index (χ0n) is 21.7. The first-order chi connectivity index (χ1) is 18.8. The predicted molar refractivity (Wildman–Crippen MR) is 151 cm³/mol. The second-order valence-corrected chi connectivity index (χ2v) is 7.78. The summed E-state index contributed by atoms with van der Waals surface area (Å²) in [5, 5.41) is 71.1. The third-order valence-corrected chi connectivity index (χ3v) is 4.98. The standard InChI is InChI=1S/C11H14O4.C10H12O3.C9H10O2/c1-15-10-6-8(3-2-4-12)5-9(7-13)11(10)14;11-5-1-2-8-3-4-10(13)9(6-8)7-12;10-7-1-2-8-3-5-9(11)6-4-8/h2-3,5-6,12-14H,4,7H2,1H3;1-4,6,11-13H,5,7H2;1-6,10-11H,7H2. The van der Waals surface area contributed by atoms with Crippen LogP contribution in [0.5, 0.6) is 23.0 Å². The Hall–Kier alpha value is -4.12. The summed E-state index contributed by atoms with van der Waals surface area (Å²) in [6.07, 6.45) is 9.99. The molecule has 3 aromatic carbocycles. The summed E-state index contributed by atoms with van der Waals surface area (Å²) in [5.41, 5.74) is 3.45. The van der Waals surface area contributed by atoms with E-state index in [-0.39, 0.29) is 50.3 Å². The van der Waals surface area contributed by atoms with Gasteiger partial charge in [0.05, 0.1) is 40.1 Å². The minimum atomic E-state index is -0.261. The van der Waals surface area contributed by atoms with Crippen molar-refractivity contribution < 1.29 is 45.6 Å². The van der Waals surface area contributed by atoms with Crippen LogP contribution in [0.25, 0.3) is 18.2 Å². The second-order valence-electron chi connectivity index (χ2n) is 7.78. The molecule has 0 atom stereocenters. The molecule has 0 amide bonds. The van der Waals surface area contributed by atoms with E-state index in [9.17, 15) is 10.2 Å². The van der Waals surface area contributed by atoms with Gasteiger partial charge in [-0.25, -0.2) is 0 Å². The first kappa shape index (κ1) is 32.9. The largest absolute Gasteiger partial charge is 0.508 e. The number of methoxy groups -OCH3 is 1. The number of aromatic hydroxyl groups is 3. The maximum atomic E-state index is 9.58. The topological polar surface area (TPSA) is 171 Å². The first-order valence-corrected chi connectivity index (χ1v) is 11.9. The van der Waals surface area contributed by atoms with Crippen molar-refractivity contribution in [3.63, 3.8) is 0 Å². The lowest BCUT2D eigenvalue weighted by atomic mass is 10.1. The summed E-state index contributed by atoms with van der Waals surface area (Å²) in [5.74, 6) is 0.593. The Balaban J connectivity index is 0.000000296. The van der Waals surface area contributed by atoms with E-state index in [2.05, 4.69) is 0 Å². The number of aliphatic hydroxyl groups excluding tert-OH is 5. The molecule has 0 aliphatic rings. The van der Waals surface area contributed by atoms with Crippen molar-refractivity contribution >= 4 is 18.2 Å². The molecule has 0 aliphatic carbocycles. The minimum Gasteiger partial charge on any atom is -0.508 e. The summed E-state index contributed by atoms with van der Waals surface area (Å²) in [7, 11) is 1.44. The molecule has 0 fully saturated rings. The Bertz CT molecular complexity index is 1170. The number of phenols is 3. The molecule has 9 nitrogen and oxygen atoms in total. The first-order valence-electron chi connectivity index (χ1n) is 11.9. The molecule has 0 aliphatic heterocycles. The van der Waals surface area contributed by atoms with E-state index in [0.29, 0.717) is 16.9 Å². The molecular weight excluding hydrogens is 504 g/mol. The Morgan fingerprint density at radius 2 is 1.08 bits per heavy atom. The van der Waals surface area contributed by atoms with Crippen LogP contribution < -0.4 is 4.74 Å². The van der Waals surface area contributed by atoms with Crippen LogP contribution in [0.4, 0.5) is 0 Å². The summed E-state index contributed by atoms with van der Waals surface area (Å²) in [6, 6.07) is 14.9. The molecule has 210 valence electrons. The zero-order chi connectivity index (χ0) is 29.0. The molecule has 0 spiro atoms. The Kier molecular flexibility index (Phi) is 16.1. The molecule has 0 saturated carbocycles. The lowest BCUT2D eigenvalue weighted by Gasteiger charge is -2.08. The van der Waals surface area contributed by atoms with Gasteiger partial charge in [-0.2, -0.15) is 0 Å². The van der Waals surface area contributed by atoms with Crippen molar-refractivity contribution in [3.05, 3.63) is 101 Å². The van der Waals surface area contributed by atoms with Crippen LogP contribution in [0.1, 0.15) is 27.8 Å². The second kappa shape index (κ2) is 19.0. The molecule has 8 N–H and O–H groups in total. The van der Waals surface area contributed by atoms with Crippen molar-refractivity contribution in [3.8, 4) is 23.0 Å². The lowest BCUT2D eigenvalue weighted by molar-refractivity contribution is 0.272. The van der Waals surface area contributed by atoms with Crippen LogP contribution in [0.15, 0.2) is 72.8 Å². The molecule has 3 aromatic rings. The van der Waals surface area contributed by atoms with Gasteiger partial charge >= 0.3 is 0 Å². The summed E-state index contributed by atoms with van der Waals surface area (Å²) < 4.78 is 4.95. The van der Waals surface area contributed by atoms with Gasteiger partial charge in [-0.1, -0.05) is 54.7 Å². The van der Waals surface area contributed by atoms with Crippen LogP contribution in [0.3, 0.4) is 0 Å². The molecular formula is C30H36O9. The van der Waals surface area contributed by atoms with Crippen molar-refractivity contribution in [2.75, 3.05) is 26.9 Å². The highest BCUT2D eigenvalue weighted by atomic mass is 16.5. The van der Waals surface area contributed by atoms with E-state index >= 15 is 0 Å². The van der Waals surface area contributed by atoms with Gasteiger partial charge in [-0.05, 0) is 53.1 Å². The van der Waals surface area contributed by atoms with Gasteiger partial charge in [-0.15, -0.1) is 0 Å². The SMILES string of the molecule is COc1cc(C=CCO)cc(CO)c1O.OCC=Cc1ccc(O)c(CO)c1.OCC=Cc1ccc(O)cc1. The minimum absolute atomic E-state index is 0.0185. The molecule has 0 unspecified atom stereocenters. The van der Waals surface area contributed by atoms with E-state index in [1.807, 2.05) is 0 Å². The Morgan fingerprint density at radius 1 is 0.590 bits per heavy atom.